The van der Waals surface area contributed by atoms with Gasteiger partial charge in [-0.25, -0.2) is 19.9 Å². The normalized spacial score (nSPS) is 8.29. The van der Waals surface area contributed by atoms with Crippen LogP contribution in [0.5, 0.6) is 0 Å². The third-order valence-corrected chi connectivity index (χ3v) is 8.62. The summed E-state index contributed by atoms with van der Waals surface area (Å²) >= 11 is 0. The Morgan fingerprint density at radius 2 is 0.271 bits per heavy atom. The zero-order chi connectivity index (χ0) is 41.1. The molecule has 6 radical (unpaired) electrons. The van der Waals surface area contributed by atoms with Gasteiger partial charge in [-0.05, 0) is 128 Å². The van der Waals surface area contributed by atoms with Gasteiger partial charge < -0.3 is 99.3 Å². The smallest absolute Gasteiger partial charge is 1.00 e. The summed E-state index contributed by atoms with van der Waals surface area (Å²) in [5.74, 6) is 0. The van der Waals surface area contributed by atoms with Gasteiger partial charge >= 0.3 is 52.4 Å². The van der Waals surface area contributed by atoms with Crippen molar-refractivity contribution in [3.63, 3.8) is 0 Å². The van der Waals surface area contributed by atoms with Crippen molar-refractivity contribution in [2.75, 3.05) is 0 Å². The molecule has 0 spiro atoms. The summed E-state index contributed by atoms with van der Waals surface area (Å²) < 4.78 is 0. The number of aromatic amines is 4. The molecule has 0 aliphatic carbocycles. The van der Waals surface area contributed by atoms with E-state index in [0.29, 0.717) is 0 Å². The quantitative estimate of drug-likeness (QED) is 0.158. The first-order valence-electron chi connectivity index (χ1n) is 19.1. The fraction of sp³-hybridized carbons (Fsp3) is 0. The molecule has 0 aliphatic rings. The molecule has 0 amide bonds. The summed E-state index contributed by atoms with van der Waals surface area (Å²) in [6, 6.07) is 40.2. The van der Waals surface area contributed by atoms with Crippen LogP contribution in [-0.2, 0) is 0 Å². The molecule has 0 aliphatic heterocycles. The summed E-state index contributed by atoms with van der Waals surface area (Å²) in [5, 5.41) is 0. The summed E-state index contributed by atoms with van der Waals surface area (Å²) in [6.07, 6.45) is 36.8. The number of halogens is 8. The Kier molecular flexibility index (Phi) is 48.7. The number of nitrogens with one attached hydrogen (secondary N) is 4. The van der Waals surface area contributed by atoms with Crippen LogP contribution < -0.4 is 119 Å². The number of pyridine rings is 10. The van der Waals surface area contributed by atoms with Crippen molar-refractivity contribution in [1.82, 2.24) is 29.9 Å². The van der Waals surface area contributed by atoms with E-state index in [-0.39, 0.29) is 152 Å². The van der Waals surface area contributed by atoms with Crippen molar-refractivity contribution in [2.24, 2.45) is 0 Å². The standard InChI is InChI=1S/5C10H8N2.2Bi.8ClH/c5*1-5-11-6-2-9(1)10-3-7-12-8-4-10;;;;;;;;;;/h5*1-8H;;;8*1H/q;;;;;2*+2;;;;;;;;/p-4. The molecule has 70 heavy (non-hydrogen) atoms. The number of hydrogen-bond acceptors (Lipinski definition) is 6. The third-order valence-electron chi connectivity index (χ3n) is 8.62. The van der Waals surface area contributed by atoms with Gasteiger partial charge in [-0.2, -0.15) is 0 Å². The van der Waals surface area contributed by atoms with E-state index < -0.39 is 0 Å². The van der Waals surface area contributed by atoms with Gasteiger partial charge in [0.1, 0.15) is 0 Å². The molecule has 10 nitrogen and oxygen atoms in total. The van der Waals surface area contributed by atoms with E-state index in [0.717, 1.165) is 0 Å². The minimum absolute atomic E-state index is 0. The van der Waals surface area contributed by atoms with E-state index in [1.165, 1.54) is 55.6 Å². The Morgan fingerprint density at radius 1 is 0.171 bits per heavy atom. The van der Waals surface area contributed by atoms with Crippen LogP contribution in [0.2, 0.25) is 0 Å². The van der Waals surface area contributed by atoms with Crippen LogP contribution in [0.4, 0.5) is 0 Å². The summed E-state index contributed by atoms with van der Waals surface area (Å²) in [5.41, 5.74) is 11.9. The van der Waals surface area contributed by atoms with Crippen molar-refractivity contribution < 1.29 is 119 Å². The average molecular weight is 1490 g/mol. The molecule has 10 aromatic rings. The van der Waals surface area contributed by atoms with Crippen molar-refractivity contribution in [3.05, 3.63) is 245 Å². The minimum atomic E-state index is 0. The van der Waals surface area contributed by atoms with Gasteiger partial charge in [0.05, 0.1) is 0 Å². The molecule has 0 bridgehead atoms. The third kappa shape index (κ3) is 27.3. The largest absolute Gasteiger partial charge is 2.00 e. The molecule has 10 aromatic heterocycles. The van der Waals surface area contributed by atoms with Crippen LogP contribution >= 0.6 is 0 Å². The second-order valence-electron chi connectivity index (χ2n) is 12.6. The molecule has 0 aromatic carbocycles. The molecule has 0 saturated carbocycles. The first-order valence-corrected chi connectivity index (χ1v) is 19.1. The molecule has 10 heterocycles. The van der Waals surface area contributed by atoms with Crippen LogP contribution in [0.15, 0.2) is 245 Å². The predicted octanol–water partition coefficient (Wildman–Crippen LogP) is -16.3. The maximum absolute atomic E-state index is 3.96. The van der Waals surface area contributed by atoms with E-state index in [1.807, 2.05) is 171 Å². The van der Waals surface area contributed by atoms with Gasteiger partial charge in [-0.3, -0.25) is 29.9 Å². The summed E-state index contributed by atoms with van der Waals surface area (Å²) in [7, 11) is 0. The van der Waals surface area contributed by atoms with Crippen LogP contribution in [-0.4, -0.2) is 82.3 Å². The van der Waals surface area contributed by atoms with Crippen LogP contribution in [0.1, 0.15) is 0 Å². The molecule has 0 unspecified atom stereocenters. The van der Waals surface area contributed by atoms with Gasteiger partial charge in [-0.15, -0.1) is 0 Å². The summed E-state index contributed by atoms with van der Waals surface area (Å²) in [6.45, 7) is 0. The van der Waals surface area contributed by atoms with E-state index >= 15 is 0 Å². The molecule has 10 rings (SSSR count). The fourth-order valence-corrected chi connectivity index (χ4v) is 5.58. The minimum Gasteiger partial charge on any atom is -1.00 e. The van der Waals surface area contributed by atoms with Gasteiger partial charge in [0, 0.05) is 123 Å². The SMILES string of the molecule is [Bi+2].[Bi+2].[Cl-].[Cl-].[Cl-].[Cl-].[Cl-].[Cl-].[Cl-].[Cl-].c1cc(-c2cc[nH+]cc2)ccn1.c1cc(-c2cc[nH+]cc2)ccn1.c1cc(-c2cc[nH+]cc2)ccn1.c1cc(-c2cc[nH+]cc2)ccn1.c1cc(-c2ccncc2)ccn1. The second kappa shape index (κ2) is 45.7. The molecule has 0 atom stereocenters. The van der Waals surface area contributed by atoms with E-state index in [1.54, 1.807) is 74.4 Å². The topological polar surface area (TPSA) is 134 Å². The first kappa shape index (κ1) is 74.5. The van der Waals surface area contributed by atoms with E-state index in [2.05, 4.69) is 49.8 Å². The van der Waals surface area contributed by atoms with E-state index in [9.17, 15) is 0 Å². The van der Waals surface area contributed by atoms with Crippen LogP contribution in [0.3, 0.4) is 0 Å². The molecule has 20 heteroatoms. The number of H-pyrrole nitrogens is 4. The molecule has 0 saturated heterocycles. The zero-order valence-corrected chi connectivity index (χ0v) is 49.7. The molecular formula is C50H44Bi2Cl8N10. The van der Waals surface area contributed by atoms with Crippen molar-refractivity contribution in [1.29, 1.82) is 0 Å². The maximum atomic E-state index is 3.96. The van der Waals surface area contributed by atoms with Crippen molar-refractivity contribution >= 4 is 52.4 Å². The average Bonchev–Trinajstić information content (AvgIpc) is 3.37. The van der Waals surface area contributed by atoms with Gasteiger partial charge in [0.15, 0.2) is 49.6 Å². The zero-order valence-electron chi connectivity index (χ0n) is 36.7. The van der Waals surface area contributed by atoms with E-state index in [4.69, 9.17) is 0 Å². The fourth-order valence-electron chi connectivity index (χ4n) is 5.58. The number of nitrogens with zero attached hydrogens (tertiary/aromatic N) is 6. The van der Waals surface area contributed by atoms with Gasteiger partial charge in [0.2, 0.25) is 0 Å². The second-order valence-corrected chi connectivity index (χ2v) is 12.6. The van der Waals surface area contributed by atoms with Crippen molar-refractivity contribution in [3.8, 4) is 55.6 Å². The Bertz CT molecular complexity index is 2010. The van der Waals surface area contributed by atoms with Crippen LogP contribution in [0, 0.1) is 0 Å². The van der Waals surface area contributed by atoms with Crippen molar-refractivity contribution in [2.45, 2.75) is 0 Å². The Balaban J connectivity index is -0.000000243. The Hall–Kier alpha value is -4.41. The predicted molar refractivity (Wildman–Crippen MR) is 244 cm³/mol. The van der Waals surface area contributed by atoms with Crippen LogP contribution in [0.25, 0.3) is 55.6 Å². The molecular weight excluding hydrogens is 1440 g/mol. The summed E-state index contributed by atoms with van der Waals surface area (Å²) in [4.78, 5) is 35.7. The monoisotopic (exact) mass is 1480 g/mol. The molecule has 4 N–H and O–H groups in total. The number of aromatic nitrogens is 10. The number of rotatable bonds is 5. The molecule has 0 fully saturated rings. The Morgan fingerprint density at radius 3 is 0.386 bits per heavy atom. The Labute approximate surface area is 497 Å². The first-order chi connectivity index (χ1) is 29.8. The number of hydrogen-bond donors (Lipinski definition) is 0. The maximum Gasteiger partial charge on any atom is 2.00 e. The van der Waals surface area contributed by atoms with Gasteiger partial charge in [0.25, 0.3) is 0 Å². The molecule has 360 valence electrons. The van der Waals surface area contributed by atoms with Gasteiger partial charge in [-0.1, -0.05) is 0 Å².